The lowest BCUT2D eigenvalue weighted by Gasteiger charge is -2.10. The Labute approximate surface area is 130 Å². The summed E-state index contributed by atoms with van der Waals surface area (Å²) in [6, 6.07) is 15.0. The molecule has 0 aliphatic carbocycles. The maximum Gasteiger partial charge on any atom is 0.175 e. The largest absolute Gasteiger partial charge is 0.293 e. The third-order valence-electron chi connectivity index (χ3n) is 2.61. The molecule has 98 valence electrons. The fourth-order valence-electron chi connectivity index (χ4n) is 1.65. The molecule has 2 rings (SSSR count). The fourth-order valence-corrected chi connectivity index (χ4v) is 3.17. The normalized spacial score (nSPS) is 12.2. The molecule has 0 saturated carbocycles. The Kier molecular flexibility index (Phi) is 5.08. The van der Waals surface area contributed by atoms with Crippen LogP contribution in [0.4, 0.5) is 0 Å². The van der Waals surface area contributed by atoms with Gasteiger partial charge in [0.25, 0.3) is 0 Å². The molecular formula is C15H12BrClOS. The Morgan fingerprint density at radius 3 is 2.53 bits per heavy atom. The first-order valence-electron chi connectivity index (χ1n) is 5.78. The van der Waals surface area contributed by atoms with E-state index in [1.807, 2.05) is 55.5 Å². The highest BCUT2D eigenvalue weighted by atomic mass is 79.9. The lowest BCUT2D eigenvalue weighted by molar-refractivity contribution is 0.0994. The van der Waals surface area contributed by atoms with E-state index in [0.29, 0.717) is 5.02 Å². The molecule has 0 aromatic heterocycles. The second-order valence-electron chi connectivity index (χ2n) is 4.09. The molecule has 1 unspecified atom stereocenters. The number of hydrogen-bond acceptors (Lipinski definition) is 2. The number of halogens is 2. The van der Waals surface area contributed by atoms with Gasteiger partial charge in [-0.3, -0.25) is 4.79 Å². The average molecular weight is 356 g/mol. The Morgan fingerprint density at radius 1 is 1.21 bits per heavy atom. The summed E-state index contributed by atoms with van der Waals surface area (Å²) in [6.45, 7) is 1.91. The van der Waals surface area contributed by atoms with Crippen molar-refractivity contribution >= 4 is 45.1 Å². The summed E-state index contributed by atoms with van der Waals surface area (Å²) in [7, 11) is 0. The summed E-state index contributed by atoms with van der Waals surface area (Å²) in [4.78, 5) is 13.3. The number of rotatable bonds is 4. The van der Waals surface area contributed by atoms with Gasteiger partial charge in [0.2, 0.25) is 0 Å². The molecule has 1 atom stereocenters. The Bertz CT molecular complexity index is 583. The number of benzene rings is 2. The Hall–Kier alpha value is -0.770. The quantitative estimate of drug-likeness (QED) is 0.534. The summed E-state index contributed by atoms with van der Waals surface area (Å²) < 4.78 is 0.971. The van der Waals surface area contributed by atoms with Crippen molar-refractivity contribution < 1.29 is 4.79 Å². The first-order chi connectivity index (χ1) is 9.06. The molecule has 0 saturated heterocycles. The number of thioether (sulfide) groups is 1. The fraction of sp³-hybridized carbons (Fsp3) is 0.133. The zero-order valence-electron chi connectivity index (χ0n) is 10.3. The van der Waals surface area contributed by atoms with Crippen LogP contribution in [0.15, 0.2) is 57.9 Å². The van der Waals surface area contributed by atoms with Gasteiger partial charge in [-0.2, -0.15) is 0 Å². The van der Waals surface area contributed by atoms with E-state index in [0.717, 1.165) is 14.9 Å². The molecule has 0 amide bonds. The highest BCUT2D eigenvalue weighted by Gasteiger charge is 2.16. The van der Waals surface area contributed by atoms with Crippen molar-refractivity contribution in [3.05, 3.63) is 63.6 Å². The molecule has 1 nitrogen and oxygen atoms in total. The summed E-state index contributed by atoms with van der Waals surface area (Å²) in [6.07, 6.45) is 0. The van der Waals surface area contributed by atoms with E-state index >= 15 is 0 Å². The predicted molar refractivity (Wildman–Crippen MR) is 85.2 cm³/mol. The Balaban J connectivity index is 2.09. The minimum atomic E-state index is -0.139. The van der Waals surface area contributed by atoms with E-state index in [4.69, 9.17) is 11.6 Å². The first-order valence-corrected chi connectivity index (χ1v) is 7.83. The summed E-state index contributed by atoms with van der Waals surface area (Å²) in [5, 5.41) is 0.549. The third-order valence-corrected chi connectivity index (χ3v) is 4.46. The topological polar surface area (TPSA) is 17.1 Å². The van der Waals surface area contributed by atoms with Gasteiger partial charge in [-0.05, 0) is 37.3 Å². The maximum atomic E-state index is 12.3. The van der Waals surface area contributed by atoms with E-state index in [9.17, 15) is 4.79 Å². The van der Waals surface area contributed by atoms with Crippen LogP contribution >= 0.6 is 39.3 Å². The van der Waals surface area contributed by atoms with Gasteiger partial charge < -0.3 is 0 Å². The van der Waals surface area contributed by atoms with E-state index < -0.39 is 0 Å². The molecule has 2 aromatic rings. The molecular weight excluding hydrogens is 344 g/mol. The van der Waals surface area contributed by atoms with Gasteiger partial charge in [-0.1, -0.05) is 45.7 Å². The monoisotopic (exact) mass is 354 g/mol. The number of hydrogen-bond donors (Lipinski definition) is 0. The van der Waals surface area contributed by atoms with Gasteiger partial charge in [0.15, 0.2) is 5.78 Å². The molecule has 0 N–H and O–H groups in total. The van der Waals surface area contributed by atoms with Gasteiger partial charge in [-0.25, -0.2) is 0 Å². The van der Waals surface area contributed by atoms with Crippen molar-refractivity contribution in [2.45, 2.75) is 17.1 Å². The highest BCUT2D eigenvalue weighted by molar-refractivity contribution is 9.10. The highest BCUT2D eigenvalue weighted by Crippen LogP contribution is 2.27. The number of carbonyl (C=O) groups excluding carboxylic acids is 1. The molecule has 19 heavy (non-hydrogen) atoms. The van der Waals surface area contributed by atoms with Crippen LogP contribution in [0.1, 0.15) is 17.3 Å². The number of ketones is 1. The van der Waals surface area contributed by atoms with Crippen LogP contribution in [0.25, 0.3) is 0 Å². The van der Waals surface area contributed by atoms with Crippen LogP contribution in [-0.4, -0.2) is 11.0 Å². The first kappa shape index (κ1) is 14.6. The zero-order chi connectivity index (χ0) is 13.8. The molecule has 4 heteroatoms. The van der Waals surface area contributed by atoms with E-state index in [1.165, 1.54) is 11.8 Å². The molecule has 0 fully saturated rings. The third kappa shape index (κ3) is 4.10. The van der Waals surface area contributed by atoms with E-state index in [1.54, 1.807) is 0 Å². The van der Waals surface area contributed by atoms with Gasteiger partial charge in [0.05, 0.1) is 5.25 Å². The Morgan fingerprint density at radius 2 is 1.89 bits per heavy atom. The standard InChI is InChI=1S/C15H12BrClOS/c1-10(19-14-4-2-3-13(17)9-14)15(18)11-5-7-12(16)8-6-11/h2-10H,1H3. The second-order valence-corrected chi connectivity index (χ2v) is 6.85. The molecule has 0 heterocycles. The van der Waals surface area contributed by atoms with Crippen LogP contribution in [-0.2, 0) is 0 Å². The van der Waals surface area contributed by atoms with Gasteiger partial charge in [0.1, 0.15) is 0 Å². The predicted octanol–water partition coefficient (Wildman–Crippen LogP) is 5.47. The molecule has 0 aliphatic rings. The van der Waals surface area contributed by atoms with Crippen molar-refractivity contribution in [1.82, 2.24) is 0 Å². The lowest BCUT2D eigenvalue weighted by atomic mass is 10.1. The second kappa shape index (κ2) is 6.60. The number of carbonyl (C=O) groups is 1. The molecule has 0 bridgehead atoms. The van der Waals surface area contributed by atoms with Crippen molar-refractivity contribution in [3.8, 4) is 0 Å². The van der Waals surface area contributed by atoms with Crippen LogP contribution in [0.3, 0.4) is 0 Å². The van der Waals surface area contributed by atoms with Crippen molar-refractivity contribution in [2.75, 3.05) is 0 Å². The van der Waals surface area contributed by atoms with Crippen LogP contribution in [0.2, 0.25) is 5.02 Å². The smallest absolute Gasteiger partial charge is 0.175 e. The van der Waals surface area contributed by atoms with Crippen LogP contribution < -0.4 is 0 Å². The SMILES string of the molecule is CC(Sc1cccc(Cl)c1)C(=O)c1ccc(Br)cc1. The minimum absolute atomic E-state index is 0.123. The summed E-state index contributed by atoms with van der Waals surface area (Å²) in [5.74, 6) is 0.123. The summed E-state index contributed by atoms with van der Waals surface area (Å²) >= 11 is 10.8. The molecule has 2 aromatic carbocycles. The molecule has 0 radical (unpaired) electrons. The molecule has 0 aliphatic heterocycles. The lowest BCUT2D eigenvalue weighted by Crippen LogP contribution is -2.13. The van der Waals surface area contributed by atoms with Crippen molar-refractivity contribution in [2.24, 2.45) is 0 Å². The van der Waals surface area contributed by atoms with Gasteiger partial charge in [0, 0.05) is 20.0 Å². The van der Waals surface area contributed by atoms with Crippen LogP contribution in [0.5, 0.6) is 0 Å². The van der Waals surface area contributed by atoms with Gasteiger partial charge >= 0.3 is 0 Å². The summed E-state index contributed by atoms with van der Waals surface area (Å²) in [5.41, 5.74) is 0.727. The average Bonchev–Trinajstić information content (AvgIpc) is 2.39. The van der Waals surface area contributed by atoms with Gasteiger partial charge in [-0.15, -0.1) is 11.8 Å². The van der Waals surface area contributed by atoms with Crippen LogP contribution in [0, 0.1) is 0 Å². The van der Waals surface area contributed by atoms with Crippen molar-refractivity contribution in [1.29, 1.82) is 0 Å². The molecule has 0 spiro atoms. The zero-order valence-corrected chi connectivity index (χ0v) is 13.4. The van der Waals surface area contributed by atoms with E-state index in [-0.39, 0.29) is 11.0 Å². The number of Topliss-reactive ketones (excluding diaryl/α,β-unsaturated/α-hetero) is 1. The van der Waals surface area contributed by atoms with Crippen molar-refractivity contribution in [3.63, 3.8) is 0 Å². The maximum absolute atomic E-state index is 12.3. The minimum Gasteiger partial charge on any atom is -0.293 e. The van der Waals surface area contributed by atoms with E-state index in [2.05, 4.69) is 15.9 Å².